The highest BCUT2D eigenvalue weighted by atomic mass is 16.7. The molecule has 0 spiro atoms. The molecule has 1 aromatic carbocycles. The van der Waals surface area contributed by atoms with E-state index in [4.69, 9.17) is 14.2 Å². The largest absolute Gasteiger partial charge is 0.622 e. The third kappa shape index (κ3) is 4.98. The fraction of sp³-hybridized carbons (Fsp3) is 0.667. The van der Waals surface area contributed by atoms with Gasteiger partial charge in [-0.05, 0) is 29.4 Å². The minimum absolute atomic E-state index is 0.134. The molecular weight excluding hydrogens is 330 g/mol. The molecule has 1 aliphatic heterocycles. The number of hydrogen-bond acceptors (Lipinski definition) is 4. The molecule has 1 fully saturated rings. The first-order chi connectivity index (χ1) is 12.0. The molecule has 1 atom stereocenters. The Labute approximate surface area is 157 Å². The normalized spacial score (nSPS) is 19.0. The van der Waals surface area contributed by atoms with Gasteiger partial charge in [0.05, 0.1) is 6.61 Å². The van der Waals surface area contributed by atoms with Crippen molar-refractivity contribution in [2.24, 2.45) is 0 Å². The molecule has 0 bridgehead atoms. The molecule has 0 amide bonds. The van der Waals surface area contributed by atoms with E-state index in [-0.39, 0.29) is 23.9 Å². The van der Waals surface area contributed by atoms with Crippen LogP contribution in [0.25, 0.3) is 0 Å². The van der Waals surface area contributed by atoms with E-state index in [0.717, 1.165) is 40.0 Å². The zero-order valence-electron chi connectivity index (χ0n) is 17.2. The van der Waals surface area contributed by atoms with Gasteiger partial charge in [0.2, 0.25) is 0 Å². The lowest BCUT2D eigenvalue weighted by Gasteiger charge is -2.30. The Morgan fingerprint density at radius 2 is 1.73 bits per heavy atom. The summed E-state index contributed by atoms with van der Waals surface area (Å²) in [5.74, 6) is 0.846. The Morgan fingerprint density at radius 1 is 1.15 bits per heavy atom. The lowest BCUT2D eigenvalue weighted by Crippen LogP contribution is -2.23. The van der Waals surface area contributed by atoms with Gasteiger partial charge in [-0.15, -0.1) is 0 Å². The third-order valence-corrected chi connectivity index (χ3v) is 4.51. The molecule has 1 aromatic rings. The number of nitrogens with zero attached hydrogens (tertiary/aromatic N) is 1. The molecule has 0 saturated carbocycles. The van der Waals surface area contributed by atoms with Crippen LogP contribution >= 0.6 is 0 Å². The van der Waals surface area contributed by atoms with Gasteiger partial charge in [-0.25, -0.2) is 0 Å². The third-order valence-electron chi connectivity index (χ3n) is 4.51. The van der Waals surface area contributed by atoms with Crippen molar-refractivity contribution < 1.29 is 18.9 Å². The number of hydrogen-bond donors (Lipinski definition) is 0. The highest BCUT2D eigenvalue weighted by molar-refractivity contribution is 5.78. The molecule has 2 rings (SSSR count). The Morgan fingerprint density at radius 3 is 2.15 bits per heavy atom. The molecule has 5 nitrogen and oxygen atoms in total. The fourth-order valence-electron chi connectivity index (χ4n) is 3.10. The fourth-order valence-corrected chi connectivity index (χ4v) is 3.10. The molecule has 1 heterocycles. The Hall–Kier alpha value is -1.59. The summed E-state index contributed by atoms with van der Waals surface area (Å²) in [6.07, 6.45) is 2.96. The summed E-state index contributed by atoms with van der Waals surface area (Å²) in [6, 6.07) is 4.08. The van der Waals surface area contributed by atoms with Gasteiger partial charge in [-0.1, -0.05) is 41.5 Å². The van der Waals surface area contributed by atoms with Gasteiger partial charge in [-0.3, -0.25) is 0 Å². The molecule has 1 aliphatic rings. The van der Waals surface area contributed by atoms with Crippen molar-refractivity contribution in [2.45, 2.75) is 71.4 Å². The average Bonchev–Trinajstić information content (AvgIpc) is 3.05. The summed E-state index contributed by atoms with van der Waals surface area (Å²) in [4.78, 5) is 0. The first-order valence-electron chi connectivity index (χ1n) is 9.26. The SMILES string of the molecule is COCOc1c(C(C)(C)C)cc(C=[N+]([O-])C2CCCO2)cc1C(C)(C)C. The quantitative estimate of drug-likeness (QED) is 0.257. The molecular formula is C21H33NO4. The van der Waals surface area contributed by atoms with Crippen LogP contribution in [0.5, 0.6) is 5.75 Å². The molecule has 146 valence electrons. The van der Waals surface area contributed by atoms with E-state index in [1.54, 1.807) is 13.3 Å². The van der Waals surface area contributed by atoms with E-state index in [1.807, 2.05) is 12.1 Å². The Kier molecular flexibility index (Phi) is 6.35. The first kappa shape index (κ1) is 20.7. The van der Waals surface area contributed by atoms with Crippen LogP contribution in [0, 0.1) is 5.21 Å². The van der Waals surface area contributed by atoms with Crippen molar-refractivity contribution in [1.29, 1.82) is 0 Å². The second-order valence-electron chi connectivity index (χ2n) is 8.95. The molecule has 0 N–H and O–H groups in total. The van der Waals surface area contributed by atoms with Crippen molar-refractivity contribution >= 4 is 6.21 Å². The van der Waals surface area contributed by atoms with Gasteiger partial charge in [0.25, 0.3) is 6.23 Å². The molecule has 5 heteroatoms. The van der Waals surface area contributed by atoms with Crippen molar-refractivity contribution in [3.8, 4) is 5.75 Å². The van der Waals surface area contributed by atoms with E-state index in [0.29, 0.717) is 6.61 Å². The predicted octanol–water partition coefficient (Wildman–Crippen LogP) is 4.33. The van der Waals surface area contributed by atoms with Crippen LogP contribution in [0.15, 0.2) is 12.1 Å². The second-order valence-corrected chi connectivity index (χ2v) is 8.95. The summed E-state index contributed by atoms with van der Waals surface area (Å²) in [5.41, 5.74) is 2.73. The van der Waals surface area contributed by atoms with Crippen molar-refractivity contribution in [3.05, 3.63) is 34.0 Å². The maximum atomic E-state index is 12.5. The topological polar surface area (TPSA) is 53.8 Å². The average molecular weight is 363 g/mol. The Bertz CT molecular complexity index is 612. The number of hydroxylamine groups is 1. The highest BCUT2D eigenvalue weighted by Crippen LogP contribution is 2.40. The van der Waals surface area contributed by atoms with Crippen molar-refractivity contribution in [1.82, 2.24) is 0 Å². The van der Waals surface area contributed by atoms with Gasteiger partial charge in [0.15, 0.2) is 13.0 Å². The minimum atomic E-state index is -0.379. The van der Waals surface area contributed by atoms with Crippen LogP contribution in [-0.2, 0) is 20.3 Å². The van der Waals surface area contributed by atoms with E-state index in [1.165, 1.54) is 0 Å². The summed E-state index contributed by atoms with van der Waals surface area (Å²) in [5, 5.41) is 12.5. The zero-order valence-corrected chi connectivity index (χ0v) is 17.2. The molecule has 1 saturated heterocycles. The lowest BCUT2D eigenvalue weighted by atomic mass is 9.78. The van der Waals surface area contributed by atoms with Crippen LogP contribution in [-0.4, -0.2) is 37.7 Å². The number of benzene rings is 1. The second kappa shape index (κ2) is 7.97. The van der Waals surface area contributed by atoms with E-state index in [2.05, 4.69) is 41.5 Å². The zero-order chi connectivity index (χ0) is 19.5. The van der Waals surface area contributed by atoms with E-state index in [9.17, 15) is 5.21 Å². The molecule has 0 radical (unpaired) electrons. The Balaban J connectivity index is 2.58. The van der Waals surface area contributed by atoms with Gasteiger partial charge in [0.1, 0.15) is 5.75 Å². The van der Waals surface area contributed by atoms with Gasteiger partial charge in [-0.2, -0.15) is 4.74 Å². The number of ether oxygens (including phenoxy) is 3. The molecule has 26 heavy (non-hydrogen) atoms. The summed E-state index contributed by atoms with van der Waals surface area (Å²) in [6.45, 7) is 13.7. The standard InChI is InChI=1S/C21H33NO4/c1-20(2,3)16-11-15(13-22(23)18-9-8-10-25-18)12-17(21(4,5)6)19(16)26-14-24-7/h11-13,18H,8-10,14H2,1-7H3. The van der Waals surface area contributed by atoms with Crippen molar-refractivity contribution in [2.75, 3.05) is 20.5 Å². The summed E-state index contributed by atoms with van der Waals surface area (Å²) < 4.78 is 17.6. The lowest BCUT2D eigenvalue weighted by molar-refractivity contribution is -0.545. The van der Waals surface area contributed by atoms with Crippen LogP contribution in [0.4, 0.5) is 0 Å². The molecule has 0 aromatic heterocycles. The summed E-state index contributed by atoms with van der Waals surface area (Å²) in [7, 11) is 1.62. The van der Waals surface area contributed by atoms with E-state index >= 15 is 0 Å². The van der Waals surface area contributed by atoms with Crippen LogP contribution in [0.3, 0.4) is 0 Å². The monoisotopic (exact) mass is 363 g/mol. The van der Waals surface area contributed by atoms with Crippen LogP contribution in [0.2, 0.25) is 0 Å². The van der Waals surface area contributed by atoms with Gasteiger partial charge < -0.3 is 19.4 Å². The van der Waals surface area contributed by atoms with Crippen molar-refractivity contribution in [3.63, 3.8) is 0 Å². The van der Waals surface area contributed by atoms with Crippen LogP contribution in [0.1, 0.15) is 71.1 Å². The minimum Gasteiger partial charge on any atom is -0.622 e. The van der Waals surface area contributed by atoms with Gasteiger partial charge >= 0.3 is 0 Å². The predicted molar refractivity (Wildman–Crippen MR) is 104 cm³/mol. The smallest absolute Gasteiger partial charge is 0.267 e. The highest BCUT2D eigenvalue weighted by Gasteiger charge is 2.29. The number of rotatable bonds is 5. The first-order valence-corrected chi connectivity index (χ1v) is 9.26. The van der Waals surface area contributed by atoms with Gasteiger partial charge in [0, 0.05) is 30.2 Å². The van der Waals surface area contributed by atoms with E-state index < -0.39 is 0 Å². The maximum absolute atomic E-state index is 12.5. The van der Waals surface area contributed by atoms with Crippen LogP contribution < -0.4 is 4.74 Å². The molecule has 1 unspecified atom stereocenters. The maximum Gasteiger partial charge on any atom is 0.267 e. The number of methoxy groups -OCH3 is 1. The summed E-state index contributed by atoms with van der Waals surface area (Å²) >= 11 is 0. The molecule has 0 aliphatic carbocycles.